The lowest BCUT2D eigenvalue weighted by Gasteiger charge is -2.20. The standard InChI is InChI=1S/C33H38N8O5S/c1-33(2,3)41-47(44,45)25-8-4-7-23(19-25)37-29-15-17-35-32(40-29)38-22-11-13-24(14-12-22)46-18-6-16-34-21-30(42)39-28-10-5-9-26-27(28)20-36-31(26)43/h4-5,7-15,17,19,34,41H,6,16,18,20-21H2,1-3H3,(H,36,43)(H,39,42)(H2,35,37,38,40). The van der Waals surface area contributed by atoms with Gasteiger partial charge in [-0.15, -0.1) is 0 Å². The van der Waals surface area contributed by atoms with Crippen LogP contribution in [0.4, 0.5) is 28.8 Å². The summed E-state index contributed by atoms with van der Waals surface area (Å²) in [5.74, 6) is 1.24. The summed E-state index contributed by atoms with van der Waals surface area (Å²) in [5.41, 5.74) is 2.77. The van der Waals surface area contributed by atoms with E-state index < -0.39 is 15.6 Å². The number of nitrogens with zero attached hydrogens (tertiary/aromatic N) is 2. The molecular formula is C33H38N8O5S. The number of sulfonamides is 1. The number of rotatable bonds is 14. The van der Waals surface area contributed by atoms with Gasteiger partial charge in [0.1, 0.15) is 11.6 Å². The lowest BCUT2D eigenvalue weighted by atomic mass is 10.1. The number of benzene rings is 3. The second kappa shape index (κ2) is 14.6. The van der Waals surface area contributed by atoms with E-state index in [1.54, 1.807) is 75.5 Å². The van der Waals surface area contributed by atoms with Gasteiger partial charge in [-0.2, -0.15) is 4.98 Å². The second-order valence-electron chi connectivity index (χ2n) is 11.9. The molecule has 1 aliphatic rings. The van der Waals surface area contributed by atoms with Crippen LogP contribution in [0.25, 0.3) is 0 Å². The largest absolute Gasteiger partial charge is 0.494 e. The van der Waals surface area contributed by atoms with Crippen LogP contribution >= 0.6 is 0 Å². The van der Waals surface area contributed by atoms with E-state index >= 15 is 0 Å². The van der Waals surface area contributed by atoms with Crippen LogP contribution in [-0.2, 0) is 21.4 Å². The molecule has 0 saturated heterocycles. The van der Waals surface area contributed by atoms with E-state index in [0.29, 0.717) is 60.6 Å². The highest BCUT2D eigenvalue weighted by molar-refractivity contribution is 7.89. The van der Waals surface area contributed by atoms with Gasteiger partial charge in [-0.1, -0.05) is 12.1 Å². The van der Waals surface area contributed by atoms with Crippen molar-refractivity contribution < 1.29 is 22.7 Å². The predicted octanol–water partition coefficient (Wildman–Crippen LogP) is 4.28. The van der Waals surface area contributed by atoms with Crippen molar-refractivity contribution in [3.8, 4) is 5.75 Å². The van der Waals surface area contributed by atoms with Crippen molar-refractivity contribution in [2.24, 2.45) is 0 Å². The minimum absolute atomic E-state index is 0.126. The van der Waals surface area contributed by atoms with E-state index in [0.717, 1.165) is 11.3 Å². The second-order valence-corrected chi connectivity index (χ2v) is 13.5. The molecule has 0 unspecified atom stereocenters. The number of hydrogen-bond donors (Lipinski definition) is 6. The third kappa shape index (κ3) is 9.48. The molecule has 0 aliphatic carbocycles. The zero-order valence-corrected chi connectivity index (χ0v) is 27.2. The number of amides is 2. The summed E-state index contributed by atoms with van der Waals surface area (Å²) in [6.45, 7) is 6.98. The Bertz CT molecular complexity index is 1840. The molecule has 5 rings (SSSR count). The minimum Gasteiger partial charge on any atom is -0.494 e. The maximum Gasteiger partial charge on any atom is 0.251 e. The van der Waals surface area contributed by atoms with Crippen LogP contribution in [0.3, 0.4) is 0 Å². The smallest absolute Gasteiger partial charge is 0.251 e. The van der Waals surface area contributed by atoms with Crippen molar-refractivity contribution in [2.75, 3.05) is 35.6 Å². The molecule has 0 fully saturated rings. The first-order chi connectivity index (χ1) is 22.4. The molecule has 47 heavy (non-hydrogen) atoms. The van der Waals surface area contributed by atoms with Crippen molar-refractivity contribution in [1.82, 2.24) is 25.3 Å². The lowest BCUT2D eigenvalue weighted by Crippen LogP contribution is -2.40. The van der Waals surface area contributed by atoms with Gasteiger partial charge in [0.2, 0.25) is 21.9 Å². The van der Waals surface area contributed by atoms with Crippen LogP contribution in [0.5, 0.6) is 5.75 Å². The highest BCUT2D eigenvalue weighted by atomic mass is 32.2. The van der Waals surface area contributed by atoms with Crippen LogP contribution in [0.2, 0.25) is 0 Å². The minimum atomic E-state index is -3.68. The van der Waals surface area contributed by atoms with E-state index in [4.69, 9.17) is 4.74 Å². The highest BCUT2D eigenvalue weighted by Gasteiger charge is 2.23. The topological polar surface area (TPSA) is 175 Å². The number of nitrogens with one attached hydrogen (secondary N) is 6. The zero-order valence-electron chi connectivity index (χ0n) is 26.4. The number of aromatic nitrogens is 2. The normalized spacial score (nSPS) is 12.6. The Morgan fingerprint density at radius 2 is 1.77 bits per heavy atom. The first-order valence-corrected chi connectivity index (χ1v) is 16.6. The SMILES string of the molecule is CC(C)(C)NS(=O)(=O)c1cccc(Nc2ccnc(Nc3ccc(OCCCNCC(=O)Nc4cccc5c4CNC5=O)cc3)n2)c1. The molecule has 246 valence electrons. The number of carbonyl (C=O) groups is 2. The zero-order chi connectivity index (χ0) is 33.4. The predicted molar refractivity (Wildman–Crippen MR) is 181 cm³/mol. The van der Waals surface area contributed by atoms with E-state index in [-0.39, 0.29) is 23.3 Å². The molecule has 0 spiro atoms. The van der Waals surface area contributed by atoms with Gasteiger partial charge in [-0.05, 0) is 94.4 Å². The number of fused-ring (bicyclic) bond motifs is 1. The Morgan fingerprint density at radius 1 is 0.979 bits per heavy atom. The van der Waals surface area contributed by atoms with Crippen LogP contribution in [0.1, 0.15) is 43.1 Å². The van der Waals surface area contributed by atoms with Gasteiger partial charge in [0.25, 0.3) is 5.91 Å². The van der Waals surface area contributed by atoms with Crippen LogP contribution in [0.15, 0.2) is 83.9 Å². The monoisotopic (exact) mass is 658 g/mol. The van der Waals surface area contributed by atoms with Gasteiger partial charge in [0.05, 0.1) is 18.0 Å². The quantitative estimate of drug-likeness (QED) is 0.107. The van der Waals surface area contributed by atoms with E-state index in [1.807, 2.05) is 24.3 Å². The van der Waals surface area contributed by atoms with Crippen molar-refractivity contribution in [3.63, 3.8) is 0 Å². The lowest BCUT2D eigenvalue weighted by molar-refractivity contribution is -0.115. The Balaban J connectivity index is 1.04. The molecule has 4 aromatic rings. The fraction of sp³-hybridized carbons (Fsp3) is 0.273. The summed E-state index contributed by atoms with van der Waals surface area (Å²) >= 11 is 0. The Morgan fingerprint density at radius 3 is 2.55 bits per heavy atom. The maximum absolute atomic E-state index is 12.7. The Hall–Kier alpha value is -5.05. The summed E-state index contributed by atoms with van der Waals surface area (Å²) in [4.78, 5) is 33.1. The molecule has 6 N–H and O–H groups in total. The fourth-order valence-corrected chi connectivity index (χ4v) is 6.22. The van der Waals surface area contributed by atoms with Crippen molar-refractivity contribution >= 4 is 50.7 Å². The maximum atomic E-state index is 12.7. The molecule has 13 nitrogen and oxygen atoms in total. The molecule has 2 heterocycles. The van der Waals surface area contributed by atoms with Gasteiger partial charge in [-0.25, -0.2) is 18.1 Å². The van der Waals surface area contributed by atoms with Gasteiger partial charge in [-0.3, -0.25) is 9.59 Å². The number of anilines is 5. The molecule has 0 bridgehead atoms. The molecule has 14 heteroatoms. The van der Waals surface area contributed by atoms with Crippen molar-refractivity contribution in [1.29, 1.82) is 0 Å². The first-order valence-electron chi connectivity index (χ1n) is 15.1. The Labute approximate surface area is 274 Å². The molecule has 0 saturated carbocycles. The average Bonchev–Trinajstić information content (AvgIpc) is 3.40. The number of ether oxygens (including phenoxy) is 1. The van der Waals surface area contributed by atoms with Gasteiger partial charge in [0.15, 0.2) is 0 Å². The summed E-state index contributed by atoms with van der Waals surface area (Å²) in [5, 5.41) is 15.0. The first kappa shape index (κ1) is 33.3. The van der Waals surface area contributed by atoms with E-state index in [9.17, 15) is 18.0 Å². The number of carbonyl (C=O) groups excluding carboxylic acids is 2. The molecule has 3 aromatic carbocycles. The summed E-state index contributed by atoms with van der Waals surface area (Å²) in [6, 6.07) is 20.9. The summed E-state index contributed by atoms with van der Waals surface area (Å²) in [7, 11) is -3.68. The molecular weight excluding hydrogens is 620 g/mol. The average molecular weight is 659 g/mol. The van der Waals surface area contributed by atoms with Crippen molar-refractivity contribution in [2.45, 2.75) is 44.2 Å². The summed E-state index contributed by atoms with van der Waals surface area (Å²) in [6.07, 6.45) is 2.30. The highest BCUT2D eigenvalue weighted by Crippen LogP contribution is 2.25. The molecule has 0 radical (unpaired) electrons. The van der Waals surface area contributed by atoms with Crippen LogP contribution in [0, 0.1) is 0 Å². The molecule has 1 aliphatic heterocycles. The van der Waals surface area contributed by atoms with Crippen LogP contribution in [-0.4, -0.2) is 55.4 Å². The molecule has 0 atom stereocenters. The molecule has 2 amide bonds. The summed E-state index contributed by atoms with van der Waals surface area (Å²) < 4.78 is 33.9. The van der Waals surface area contributed by atoms with E-state index in [2.05, 4.69) is 41.3 Å². The Kier molecular flexibility index (Phi) is 10.3. The third-order valence-electron chi connectivity index (χ3n) is 6.80. The fourth-order valence-electron chi connectivity index (χ4n) is 4.76. The third-order valence-corrected chi connectivity index (χ3v) is 8.55. The van der Waals surface area contributed by atoms with Gasteiger partial charge < -0.3 is 31.3 Å². The van der Waals surface area contributed by atoms with Crippen molar-refractivity contribution in [3.05, 3.63) is 90.1 Å². The number of hydrogen-bond acceptors (Lipinski definition) is 10. The van der Waals surface area contributed by atoms with Gasteiger partial charge >= 0.3 is 0 Å². The van der Waals surface area contributed by atoms with Gasteiger partial charge in [0, 0.05) is 46.5 Å². The van der Waals surface area contributed by atoms with E-state index in [1.165, 1.54) is 0 Å². The molecule has 1 aromatic heterocycles. The van der Waals surface area contributed by atoms with Crippen LogP contribution < -0.4 is 36.0 Å².